The molecule has 0 saturated heterocycles. The molecule has 7 heteroatoms. The second-order valence-corrected chi connectivity index (χ2v) is 3.40. The highest BCUT2D eigenvalue weighted by molar-refractivity contribution is 5.89. The van der Waals surface area contributed by atoms with Crippen LogP contribution in [-0.2, 0) is 4.74 Å². The molecule has 0 aliphatic heterocycles. The average Bonchev–Trinajstić information content (AvgIpc) is 2.29. The molecule has 0 bridgehead atoms. The molecule has 0 aliphatic rings. The Bertz CT molecular complexity index is 445. The number of carbonyl (C=O) groups is 1. The Kier molecular flexibility index (Phi) is 4.41. The quantitative estimate of drug-likeness (QED) is 0.617. The number of benzene rings is 1. The van der Waals surface area contributed by atoms with Gasteiger partial charge in [-0.05, 0) is 24.6 Å². The third-order valence-corrected chi connectivity index (χ3v) is 2.13. The average molecular weight is 261 g/mol. The summed E-state index contributed by atoms with van der Waals surface area (Å²) in [5.74, 6) is -0.744. The SMILES string of the molecule is CCOC(=O)c1cccc(C(N=O)C(F)(F)F)c1. The third-order valence-electron chi connectivity index (χ3n) is 2.13. The van der Waals surface area contributed by atoms with Crippen LogP contribution < -0.4 is 0 Å². The number of nitrogens with zero attached hydrogens (tertiary/aromatic N) is 1. The van der Waals surface area contributed by atoms with Gasteiger partial charge in [0.1, 0.15) is 0 Å². The molecule has 0 spiro atoms. The fourth-order valence-corrected chi connectivity index (χ4v) is 1.36. The van der Waals surface area contributed by atoms with Gasteiger partial charge in [0.25, 0.3) is 0 Å². The number of rotatable bonds is 4. The van der Waals surface area contributed by atoms with Crippen molar-refractivity contribution in [2.24, 2.45) is 5.18 Å². The van der Waals surface area contributed by atoms with E-state index >= 15 is 0 Å². The molecular weight excluding hydrogens is 251 g/mol. The van der Waals surface area contributed by atoms with Crippen LogP contribution in [0, 0.1) is 4.91 Å². The van der Waals surface area contributed by atoms with E-state index in [1.165, 1.54) is 12.1 Å². The lowest BCUT2D eigenvalue weighted by Crippen LogP contribution is -2.19. The Labute approximate surface area is 101 Å². The van der Waals surface area contributed by atoms with E-state index in [0.717, 1.165) is 12.1 Å². The maximum absolute atomic E-state index is 12.5. The van der Waals surface area contributed by atoms with Crippen LogP contribution in [0.2, 0.25) is 0 Å². The van der Waals surface area contributed by atoms with Crippen LogP contribution in [0.25, 0.3) is 0 Å². The molecule has 0 saturated carbocycles. The number of nitroso groups, excluding NO2 is 1. The summed E-state index contributed by atoms with van der Waals surface area (Å²) in [5.41, 5.74) is -0.435. The van der Waals surface area contributed by atoms with Crippen molar-refractivity contribution in [1.82, 2.24) is 0 Å². The van der Waals surface area contributed by atoms with E-state index in [0.29, 0.717) is 0 Å². The summed E-state index contributed by atoms with van der Waals surface area (Å²) in [6, 6.07) is 2.11. The first kappa shape index (κ1) is 14.1. The molecule has 0 amide bonds. The van der Waals surface area contributed by atoms with E-state index in [2.05, 4.69) is 4.74 Å². The highest BCUT2D eigenvalue weighted by Crippen LogP contribution is 2.35. The normalized spacial score (nSPS) is 12.9. The highest BCUT2D eigenvalue weighted by atomic mass is 19.4. The van der Waals surface area contributed by atoms with Crippen molar-refractivity contribution >= 4 is 5.97 Å². The first-order valence-electron chi connectivity index (χ1n) is 5.06. The molecule has 1 atom stereocenters. The van der Waals surface area contributed by atoms with Gasteiger partial charge < -0.3 is 4.74 Å². The fourth-order valence-electron chi connectivity index (χ4n) is 1.36. The van der Waals surface area contributed by atoms with E-state index < -0.39 is 18.2 Å². The van der Waals surface area contributed by atoms with Crippen molar-refractivity contribution in [3.8, 4) is 0 Å². The van der Waals surface area contributed by atoms with E-state index in [9.17, 15) is 22.9 Å². The minimum atomic E-state index is -4.78. The summed E-state index contributed by atoms with van der Waals surface area (Å²) in [6.45, 7) is 1.69. The number of ether oxygens (including phenoxy) is 1. The summed E-state index contributed by atoms with van der Waals surface area (Å²) in [5, 5.41) is 2.05. The van der Waals surface area contributed by atoms with Crippen LogP contribution in [0.1, 0.15) is 28.9 Å². The van der Waals surface area contributed by atoms with Crippen molar-refractivity contribution in [2.75, 3.05) is 6.61 Å². The van der Waals surface area contributed by atoms with E-state index in [1.54, 1.807) is 6.92 Å². The highest BCUT2D eigenvalue weighted by Gasteiger charge is 2.42. The molecule has 0 aliphatic carbocycles. The molecule has 4 nitrogen and oxygen atoms in total. The smallest absolute Gasteiger partial charge is 0.418 e. The van der Waals surface area contributed by atoms with Crippen molar-refractivity contribution in [2.45, 2.75) is 19.1 Å². The van der Waals surface area contributed by atoms with Crippen LogP contribution in [-0.4, -0.2) is 18.8 Å². The van der Waals surface area contributed by atoms with Gasteiger partial charge in [0.05, 0.1) is 12.2 Å². The number of carbonyl (C=O) groups excluding carboxylic acids is 1. The van der Waals surface area contributed by atoms with Crippen LogP contribution in [0.4, 0.5) is 13.2 Å². The zero-order valence-electron chi connectivity index (χ0n) is 9.40. The maximum Gasteiger partial charge on any atom is 0.418 e. The predicted molar refractivity (Wildman–Crippen MR) is 57.0 cm³/mol. The number of esters is 1. The standard InChI is InChI=1S/C11H10F3NO3/c1-2-18-10(16)8-5-3-4-7(6-8)9(15-17)11(12,13)14/h3-6,9H,2H2,1H3. The zero-order valence-corrected chi connectivity index (χ0v) is 9.40. The van der Waals surface area contributed by atoms with Gasteiger partial charge in [-0.1, -0.05) is 17.3 Å². The molecule has 1 aromatic rings. The second-order valence-electron chi connectivity index (χ2n) is 3.40. The predicted octanol–water partition coefficient (Wildman–Crippen LogP) is 3.23. The summed E-state index contributed by atoms with van der Waals surface area (Å²) in [7, 11) is 0. The van der Waals surface area contributed by atoms with E-state index in [1.807, 2.05) is 5.18 Å². The zero-order chi connectivity index (χ0) is 13.8. The lowest BCUT2D eigenvalue weighted by molar-refractivity contribution is -0.148. The van der Waals surface area contributed by atoms with Crippen LogP contribution in [0.15, 0.2) is 29.4 Å². The molecule has 98 valence electrons. The van der Waals surface area contributed by atoms with Crippen molar-refractivity contribution in [1.29, 1.82) is 0 Å². The van der Waals surface area contributed by atoms with Crippen LogP contribution in [0.5, 0.6) is 0 Å². The van der Waals surface area contributed by atoms with Crippen molar-refractivity contribution in [3.63, 3.8) is 0 Å². The minimum absolute atomic E-state index is 0.0488. The van der Waals surface area contributed by atoms with Crippen LogP contribution >= 0.6 is 0 Å². The largest absolute Gasteiger partial charge is 0.462 e. The van der Waals surface area contributed by atoms with Gasteiger partial charge in [-0.15, -0.1) is 4.91 Å². The van der Waals surface area contributed by atoms with Gasteiger partial charge >= 0.3 is 12.1 Å². The first-order chi connectivity index (χ1) is 8.40. The summed E-state index contributed by atoms with van der Waals surface area (Å²) in [6.07, 6.45) is -4.78. The van der Waals surface area contributed by atoms with Gasteiger partial charge in [-0.2, -0.15) is 13.2 Å². The van der Waals surface area contributed by atoms with Crippen molar-refractivity contribution in [3.05, 3.63) is 40.3 Å². The fraction of sp³-hybridized carbons (Fsp3) is 0.364. The molecule has 1 unspecified atom stereocenters. The lowest BCUT2D eigenvalue weighted by atomic mass is 10.0. The molecule has 0 heterocycles. The molecule has 1 rings (SSSR count). The Morgan fingerprint density at radius 1 is 1.44 bits per heavy atom. The summed E-state index contributed by atoms with van der Waals surface area (Å²) < 4.78 is 42.1. The second kappa shape index (κ2) is 5.61. The monoisotopic (exact) mass is 261 g/mol. The Balaban J connectivity index is 3.08. The van der Waals surface area contributed by atoms with E-state index in [-0.39, 0.29) is 17.7 Å². The molecule has 0 fully saturated rings. The number of alkyl halides is 3. The molecule has 0 N–H and O–H groups in total. The topological polar surface area (TPSA) is 55.7 Å². The maximum atomic E-state index is 12.5. The Hall–Kier alpha value is -1.92. The Morgan fingerprint density at radius 2 is 2.11 bits per heavy atom. The number of hydrogen-bond donors (Lipinski definition) is 0. The summed E-state index contributed by atoms with van der Waals surface area (Å²) >= 11 is 0. The van der Waals surface area contributed by atoms with Gasteiger partial charge in [0, 0.05) is 0 Å². The van der Waals surface area contributed by atoms with Crippen LogP contribution in [0.3, 0.4) is 0 Å². The number of halogens is 3. The lowest BCUT2D eigenvalue weighted by Gasteiger charge is -2.13. The molecule has 1 aromatic carbocycles. The van der Waals surface area contributed by atoms with Gasteiger partial charge in [-0.3, -0.25) is 0 Å². The van der Waals surface area contributed by atoms with Gasteiger partial charge in [-0.25, -0.2) is 4.79 Å². The molecule has 0 radical (unpaired) electrons. The number of hydrogen-bond acceptors (Lipinski definition) is 4. The molecule has 18 heavy (non-hydrogen) atoms. The van der Waals surface area contributed by atoms with Crippen molar-refractivity contribution < 1.29 is 22.7 Å². The Morgan fingerprint density at radius 3 is 2.61 bits per heavy atom. The summed E-state index contributed by atoms with van der Waals surface area (Å²) in [4.78, 5) is 21.6. The van der Waals surface area contributed by atoms with Gasteiger partial charge in [0.2, 0.25) is 6.04 Å². The third kappa shape index (κ3) is 3.28. The minimum Gasteiger partial charge on any atom is -0.462 e. The molecule has 0 aromatic heterocycles. The first-order valence-corrected chi connectivity index (χ1v) is 5.06. The molecular formula is C11H10F3NO3. The van der Waals surface area contributed by atoms with E-state index in [4.69, 9.17) is 0 Å². The van der Waals surface area contributed by atoms with Gasteiger partial charge in [0.15, 0.2) is 0 Å².